The van der Waals surface area contributed by atoms with Crippen molar-refractivity contribution in [2.45, 2.75) is 19.3 Å². The Kier molecular flexibility index (Phi) is 2.80. The van der Waals surface area contributed by atoms with Gasteiger partial charge in [0.15, 0.2) is 0 Å². The van der Waals surface area contributed by atoms with Gasteiger partial charge in [-0.1, -0.05) is 0 Å². The fourth-order valence-electron chi connectivity index (χ4n) is 1.23. The first kappa shape index (κ1) is 7.36. The maximum atomic E-state index is 8.64. The van der Waals surface area contributed by atoms with Crippen LogP contribution in [-0.4, -0.2) is 17.6 Å². The predicted octanol–water partition coefficient (Wildman–Crippen LogP) is 1.63. The fourth-order valence-corrected chi connectivity index (χ4v) is 1.38. The van der Waals surface area contributed by atoms with Crippen molar-refractivity contribution in [1.29, 1.82) is 0 Å². The van der Waals surface area contributed by atoms with Crippen LogP contribution in [0, 0.1) is 11.8 Å². The van der Waals surface area contributed by atoms with Crippen molar-refractivity contribution in [2.75, 3.05) is 12.5 Å². The summed E-state index contributed by atoms with van der Waals surface area (Å²) >= 11 is 5.50. The summed E-state index contributed by atoms with van der Waals surface area (Å²) in [6.45, 7) is 0.382. The summed E-state index contributed by atoms with van der Waals surface area (Å²) in [5, 5.41) is 8.64. The topological polar surface area (TPSA) is 20.2 Å². The molecule has 0 heterocycles. The Morgan fingerprint density at radius 3 is 2.67 bits per heavy atom. The second-order valence-electron chi connectivity index (χ2n) is 2.77. The first-order chi connectivity index (χ1) is 4.38. The van der Waals surface area contributed by atoms with Gasteiger partial charge in [-0.2, -0.15) is 0 Å². The number of hydrogen-bond donors (Lipinski definition) is 1. The zero-order chi connectivity index (χ0) is 6.69. The highest BCUT2D eigenvalue weighted by Gasteiger charge is 2.34. The first-order valence-electron chi connectivity index (χ1n) is 3.55. The van der Waals surface area contributed by atoms with Crippen molar-refractivity contribution in [3.05, 3.63) is 0 Å². The van der Waals surface area contributed by atoms with E-state index in [4.69, 9.17) is 16.7 Å². The minimum atomic E-state index is 0.382. The number of aliphatic hydroxyl groups is 1. The van der Waals surface area contributed by atoms with E-state index in [9.17, 15) is 0 Å². The molecule has 1 N–H and O–H groups in total. The van der Waals surface area contributed by atoms with Crippen LogP contribution in [0.4, 0.5) is 0 Å². The van der Waals surface area contributed by atoms with Gasteiger partial charge in [0, 0.05) is 12.5 Å². The number of halogens is 1. The number of hydrogen-bond acceptors (Lipinski definition) is 1. The molecule has 0 amide bonds. The van der Waals surface area contributed by atoms with Gasteiger partial charge in [0.2, 0.25) is 0 Å². The Hall–Kier alpha value is 0.250. The molecule has 0 spiro atoms. The van der Waals surface area contributed by atoms with Crippen LogP contribution in [0.15, 0.2) is 0 Å². The molecule has 0 saturated heterocycles. The van der Waals surface area contributed by atoms with Crippen LogP contribution in [0.2, 0.25) is 0 Å². The Bertz CT molecular complexity index is 85.0. The van der Waals surface area contributed by atoms with Crippen molar-refractivity contribution in [1.82, 2.24) is 0 Å². The molecule has 2 unspecified atom stereocenters. The predicted molar refractivity (Wildman–Crippen MR) is 38.6 cm³/mol. The molecule has 0 bridgehead atoms. The molecular formula is C7H13ClO. The number of aliphatic hydroxyl groups excluding tert-OH is 1. The van der Waals surface area contributed by atoms with E-state index in [1.165, 1.54) is 12.8 Å². The normalized spacial score (nSPS) is 32.7. The van der Waals surface area contributed by atoms with Crippen molar-refractivity contribution in [3.63, 3.8) is 0 Å². The van der Waals surface area contributed by atoms with Gasteiger partial charge >= 0.3 is 0 Å². The Morgan fingerprint density at radius 1 is 1.44 bits per heavy atom. The van der Waals surface area contributed by atoms with Crippen LogP contribution in [-0.2, 0) is 0 Å². The van der Waals surface area contributed by atoms with Crippen LogP contribution in [0.1, 0.15) is 19.3 Å². The number of alkyl halides is 1. The van der Waals surface area contributed by atoms with E-state index in [0.717, 1.165) is 18.2 Å². The third kappa shape index (κ3) is 2.15. The lowest BCUT2D eigenvalue weighted by atomic mass is 10.2. The number of rotatable bonds is 4. The highest BCUT2D eigenvalue weighted by Crippen LogP contribution is 2.41. The van der Waals surface area contributed by atoms with Crippen molar-refractivity contribution < 1.29 is 5.11 Å². The molecule has 1 saturated carbocycles. The second kappa shape index (κ2) is 3.43. The van der Waals surface area contributed by atoms with Crippen LogP contribution in [0.3, 0.4) is 0 Å². The molecule has 0 aromatic heterocycles. The van der Waals surface area contributed by atoms with E-state index in [0.29, 0.717) is 12.5 Å². The lowest BCUT2D eigenvalue weighted by Crippen LogP contribution is -1.88. The SMILES string of the molecule is OCC1CC1CCCCl. The van der Waals surface area contributed by atoms with E-state index >= 15 is 0 Å². The molecule has 1 aliphatic rings. The molecular weight excluding hydrogens is 136 g/mol. The Morgan fingerprint density at radius 2 is 2.22 bits per heavy atom. The third-order valence-electron chi connectivity index (χ3n) is 2.01. The summed E-state index contributed by atoms with van der Waals surface area (Å²) in [6.07, 6.45) is 3.56. The second-order valence-corrected chi connectivity index (χ2v) is 3.15. The van der Waals surface area contributed by atoms with E-state index in [1.54, 1.807) is 0 Å². The van der Waals surface area contributed by atoms with Crippen molar-refractivity contribution >= 4 is 11.6 Å². The summed E-state index contributed by atoms with van der Waals surface area (Å²) in [5.41, 5.74) is 0. The Labute approximate surface area is 61.0 Å². The van der Waals surface area contributed by atoms with E-state index in [-0.39, 0.29) is 0 Å². The molecule has 1 nitrogen and oxygen atoms in total. The van der Waals surface area contributed by atoms with Crippen molar-refractivity contribution in [3.8, 4) is 0 Å². The first-order valence-corrected chi connectivity index (χ1v) is 4.08. The quantitative estimate of drug-likeness (QED) is 0.601. The molecule has 9 heavy (non-hydrogen) atoms. The highest BCUT2D eigenvalue weighted by molar-refractivity contribution is 6.17. The van der Waals surface area contributed by atoms with E-state index < -0.39 is 0 Å². The maximum absolute atomic E-state index is 8.64. The molecule has 1 rings (SSSR count). The molecule has 0 aromatic carbocycles. The van der Waals surface area contributed by atoms with Crippen molar-refractivity contribution in [2.24, 2.45) is 11.8 Å². The van der Waals surface area contributed by atoms with E-state index in [1.807, 2.05) is 0 Å². The lowest BCUT2D eigenvalue weighted by molar-refractivity contribution is 0.267. The Balaban J connectivity index is 1.92. The summed E-state index contributed by atoms with van der Waals surface area (Å²) in [7, 11) is 0. The summed E-state index contributed by atoms with van der Waals surface area (Å²) in [5.74, 6) is 2.19. The summed E-state index contributed by atoms with van der Waals surface area (Å²) in [6, 6.07) is 0. The van der Waals surface area contributed by atoms with Gasteiger partial charge in [0.25, 0.3) is 0 Å². The average molecular weight is 149 g/mol. The maximum Gasteiger partial charge on any atom is 0.0462 e. The zero-order valence-electron chi connectivity index (χ0n) is 5.52. The minimum absolute atomic E-state index is 0.382. The van der Waals surface area contributed by atoms with Crippen LogP contribution in [0.5, 0.6) is 0 Å². The highest BCUT2D eigenvalue weighted by atomic mass is 35.5. The molecule has 1 aliphatic carbocycles. The van der Waals surface area contributed by atoms with Gasteiger partial charge in [-0.3, -0.25) is 0 Å². The molecule has 54 valence electrons. The molecule has 0 radical (unpaired) electrons. The molecule has 2 heteroatoms. The van der Waals surface area contributed by atoms with Crippen LogP contribution in [0.25, 0.3) is 0 Å². The van der Waals surface area contributed by atoms with Gasteiger partial charge in [-0.15, -0.1) is 11.6 Å². The molecule has 0 aromatic rings. The summed E-state index contributed by atoms with van der Waals surface area (Å²) < 4.78 is 0. The summed E-state index contributed by atoms with van der Waals surface area (Å²) in [4.78, 5) is 0. The van der Waals surface area contributed by atoms with Crippen LogP contribution < -0.4 is 0 Å². The zero-order valence-corrected chi connectivity index (χ0v) is 6.27. The largest absolute Gasteiger partial charge is 0.396 e. The van der Waals surface area contributed by atoms with Gasteiger partial charge in [0.1, 0.15) is 0 Å². The molecule has 1 fully saturated rings. The lowest BCUT2D eigenvalue weighted by Gasteiger charge is -1.92. The smallest absolute Gasteiger partial charge is 0.0462 e. The minimum Gasteiger partial charge on any atom is -0.396 e. The molecule has 0 aliphatic heterocycles. The standard InChI is InChI=1S/C7H13ClO/c8-3-1-2-6-4-7(6)5-9/h6-7,9H,1-5H2. The van der Waals surface area contributed by atoms with Gasteiger partial charge in [-0.25, -0.2) is 0 Å². The third-order valence-corrected chi connectivity index (χ3v) is 2.28. The fraction of sp³-hybridized carbons (Fsp3) is 1.00. The van der Waals surface area contributed by atoms with Crippen LogP contribution >= 0.6 is 11.6 Å². The average Bonchev–Trinajstić information content (AvgIpc) is 2.62. The molecule has 2 atom stereocenters. The van der Waals surface area contributed by atoms with Gasteiger partial charge in [0.05, 0.1) is 0 Å². The monoisotopic (exact) mass is 148 g/mol. The van der Waals surface area contributed by atoms with Gasteiger partial charge in [-0.05, 0) is 31.1 Å². The van der Waals surface area contributed by atoms with Gasteiger partial charge < -0.3 is 5.11 Å². The van der Waals surface area contributed by atoms with E-state index in [2.05, 4.69) is 0 Å².